The zero-order valence-electron chi connectivity index (χ0n) is 12.8. The molecule has 3 heteroatoms. The monoisotopic (exact) mass is 264 g/mol. The summed E-state index contributed by atoms with van der Waals surface area (Å²) >= 11 is 0. The van der Waals surface area contributed by atoms with Crippen LogP contribution in [0.2, 0.25) is 0 Å². The molecule has 0 saturated heterocycles. The molecule has 0 aliphatic carbocycles. The van der Waals surface area contributed by atoms with Gasteiger partial charge in [0.25, 0.3) is 0 Å². The number of nitrogens with one attached hydrogen (secondary N) is 1. The summed E-state index contributed by atoms with van der Waals surface area (Å²) in [6.07, 6.45) is 1.09. The van der Waals surface area contributed by atoms with Crippen molar-refractivity contribution in [2.24, 2.45) is 0 Å². The maximum absolute atomic E-state index is 5.20. The number of rotatable bonds is 9. The van der Waals surface area contributed by atoms with Gasteiger partial charge in [0, 0.05) is 26.2 Å². The topological polar surface area (TPSA) is 24.5 Å². The molecule has 0 aliphatic rings. The van der Waals surface area contributed by atoms with Crippen LogP contribution in [0.1, 0.15) is 25.0 Å². The molecule has 3 nitrogen and oxygen atoms in total. The summed E-state index contributed by atoms with van der Waals surface area (Å²) in [6, 6.07) is 9.28. The first-order valence-corrected chi connectivity index (χ1v) is 7.13. The summed E-state index contributed by atoms with van der Waals surface area (Å²) in [7, 11) is 3.76. The van der Waals surface area contributed by atoms with E-state index in [1.54, 1.807) is 7.11 Å². The van der Waals surface area contributed by atoms with E-state index < -0.39 is 0 Å². The summed E-state index contributed by atoms with van der Waals surface area (Å²) in [5.74, 6) is 0. The van der Waals surface area contributed by atoms with Crippen LogP contribution in [-0.4, -0.2) is 44.8 Å². The van der Waals surface area contributed by atoms with Crippen LogP contribution in [0.3, 0.4) is 0 Å². The predicted octanol–water partition coefficient (Wildman–Crippen LogP) is 2.31. The highest BCUT2D eigenvalue weighted by molar-refractivity contribution is 5.27. The van der Waals surface area contributed by atoms with Crippen LogP contribution in [0.15, 0.2) is 24.3 Å². The highest BCUT2D eigenvalue weighted by Crippen LogP contribution is 2.14. The van der Waals surface area contributed by atoms with Gasteiger partial charge in [-0.05, 0) is 45.0 Å². The fraction of sp³-hybridized carbons (Fsp3) is 0.625. The number of hydrogen-bond donors (Lipinski definition) is 1. The van der Waals surface area contributed by atoms with Crippen molar-refractivity contribution in [3.63, 3.8) is 0 Å². The Bertz CT molecular complexity index is 352. The minimum atomic E-state index is 0.535. The summed E-state index contributed by atoms with van der Waals surface area (Å²) in [5, 5.41) is 3.22. The van der Waals surface area contributed by atoms with E-state index in [1.807, 2.05) is 7.05 Å². The lowest BCUT2D eigenvalue weighted by atomic mass is 10.0. The molecule has 1 aromatic rings. The van der Waals surface area contributed by atoms with Gasteiger partial charge in [-0.25, -0.2) is 0 Å². The van der Waals surface area contributed by atoms with E-state index in [4.69, 9.17) is 4.74 Å². The van der Waals surface area contributed by atoms with E-state index in [2.05, 4.69) is 48.3 Å². The molecule has 0 spiro atoms. The molecular weight excluding hydrogens is 236 g/mol. The molecule has 0 radical (unpaired) electrons. The maximum atomic E-state index is 5.20. The van der Waals surface area contributed by atoms with Gasteiger partial charge in [-0.3, -0.25) is 4.90 Å². The Kier molecular flexibility index (Phi) is 7.72. The largest absolute Gasteiger partial charge is 0.383 e. The van der Waals surface area contributed by atoms with Crippen LogP contribution in [0.4, 0.5) is 0 Å². The zero-order chi connectivity index (χ0) is 14.1. The third kappa shape index (κ3) is 5.72. The normalized spacial score (nSPS) is 11.5. The second kappa shape index (κ2) is 9.08. The van der Waals surface area contributed by atoms with E-state index in [9.17, 15) is 0 Å². The van der Waals surface area contributed by atoms with Crippen molar-refractivity contribution >= 4 is 0 Å². The van der Waals surface area contributed by atoms with E-state index in [0.717, 1.165) is 32.7 Å². The standard InChI is InChI=1S/C16H28N2O/c1-14(2)18(11-12-19-4)13-16-8-6-5-7-15(16)9-10-17-3/h5-8,14,17H,9-13H2,1-4H3. The smallest absolute Gasteiger partial charge is 0.0589 e. The van der Waals surface area contributed by atoms with Gasteiger partial charge in [0.05, 0.1) is 6.61 Å². The van der Waals surface area contributed by atoms with Crippen LogP contribution < -0.4 is 5.32 Å². The first-order valence-electron chi connectivity index (χ1n) is 7.13. The molecule has 0 aromatic heterocycles. The third-order valence-electron chi connectivity index (χ3n) is 3.45. The highest BCUT2D eigenvalue weighted by Gasteiger charge is 2.11. The van der Waals surface area contributed by atoms with E-state index in [0.29, 0.717) is 6.04 Å². The predicted molar refractivity (Wildman–Crippen MR) is 81.5 cm³/mol. The highest BCUT2D eigenvalue weighted by atomic mass is 16.5. The zero-order valence-corrected chi connectivity index (χ0v) is 12.8. The average Bonchev–Trinajstić information content (AvgIpc) is 2.41. The molecule has 1 rings (SSSR count). The van der Waals surface area contributed by atoms with Gasteiger partial charge in [0.15, 0.2) is 0 Å². The summed E-state index contributed by atoms with van der Waals surface area (Å²) in [6.45, 7) is 8.28. The average molecular weight is 264 g/mol. The summed E-state index contributed by atoms with van der Waals surface area (Å²) in [4.78, 5) is 2.46. The van der Waals surface area contributed by atoms with Crippen molar-refractivity contribution in [2.45, 2.75) is 32.9 Å². The Hall–Kier alpha value is -0.900. The Balaban J connectivity index is 2.71. The lowest BCUT2D eigenvalue weighted by Gasteiger charge is -2.27. The van der Waals surface area contributed by atoms with E-state index in [1.165, 1.54) is 11.1 Å². The van der Waals surface area contributed by atoms with Crippen molar-refractivity contribution < 1.29 is 4.74 Å². The van der Waals surface area contributed by atoms with Gasteiger partial charge < -0.3 is 10.1 Å². The first-order chi connectivity index (χ1) is 9.19. The lowest BCUT2D eigenvalue weighted by molar-refractivity contribution is 0.125. The van der Waals surface area contributed by atoms with Gasteiger partial charge in [-0.2, -0.15) is 0 Å². The van der Waals surface area contributed by atoms with Crippen molar-refractivity contribution in [1.29, 1.82) is 0 Å². The minimum Gasteiger partial charge on any atom is -0.383 e. The van der Waals surface area contributed by atoms with Gasteiger partial charge in [0.2, 0.25) is 0 Å². The SMILES string of the molecule is CNCCc1ccccc1CN(CCOC)C(C)C. The summed E-state index contributed by atoms with van der Waals surface area (Å²) < 4.78 is 5.20. The molecule has 0 amide bonds. The Morgan fingerprint density at radius 1 is 1.21 bits per heavy atom. The molecule has 1 N–H and O–H groups in total. The molecule has 0 aliphatic heterocycles. The van der Waals surface area contributed by atoms with Gasteiger partial charge in [-0.15, -0.1) is 0 Å². The van der Waals surface area contributed by atoms with Gasteiger partial charge >= 0.3 is 0 Å². The molecule has 0 saturated carbocycles. The van der Waals surface area contributed by atoms with Gasteiger partial charge in [-0.1, -0.05) is 24.3 Å². The summed E-state index contributed by atoms with van der Waals surface area (Å²) in [5.41, 5.74) is 2.88. The Labute approximate surface area is 118 Å². The molecule has 0 bridgehead atoms. The number of benzene rings is 1. The molecule has 0 unspecified atom stereocenters. The number of nitrogens with zero attached hydrogens (tertiary/aromatic N) is 1. The van der Waals surface area contributed by atoms with Crippen molar-refractivity contribution in [1.82, 2.24) is 10.2 Å². The first kappa shape index (κ1) is 16.2. The second-order valence-corrected chi connectivity index (χ2v) is 5.18. The fourth-order valence-corrected chi connectivity index (χ4v) is 2.16. The van der Waals surface area contributed by atoms with Crippen molar-refractivity contribution in [3.8, 4) is 0 Å². The van der Waals surface area contributed by atoms with Crippen LogP contribution in [0.5, 0.6) is 0 Å². The van der Waals surface area contributed by atoms with Crippen LogP contribution in [0, 0.1) is 0 Å². The second-order valence-electron chi connectivity index (χ2n) is 5.18. The van der Waals surface area contributed by atoms with E-state index >= 15 is 0 Å². The molecular formula is C16H28N2O. The Morgan fingerprint density at radius 3 is 2.47 bits per heavy atom. The van der Waals surface area contributed by atoms with Crippen LogP contribution in [0.25, 0.3) is 0 Å². The van der Waals surface area contributed by atoms with E-state index in [-0.39, 0.29) is 0 Å². The van der Waals surface area contributed by atoms with Gasteiger partial charge in [0.1, 0.15) is 0 Å². The molecule has 0 atom stereocenters. The third-order valence-corrected chi connectivity index (χ3v) is 3.45. The molecule has 19 heavy (non-hydrogen) atoms. The molecule has 0 heterocycles. The number of likely N-dealkylation sites (N-methyl/N-ethyl adjacent to an activating group) is 1. The molecule has 108 valence electrons. The van der Waals surface area contributed by atoms with Crippen LogP contribution >= 0.6 is 0 Å². The van der Waals surface area contributed by atoms with Crippen molar-refractivity contribution in [2.75, 3.05) is 33.9 Å². The molecule has 0 fully saturated rings. The fourth-order valence-electron chi connectivity index (χ4n) is 2.16. The van der Waals surface area contributed by atoms with Crippen molar-refractivity contribution in [3.05, 3.63) is 35.4 Å². The Morgan fingerprint density at radius 2 is 1.89 bits per heavy atom. The van der Waals surface area contributed by atoms with Crippen LogP contribution in [-0.2, 0) is 17.7 Å². The maximum Gasteiger partial charge on any atom is 0.0589 e. The lowest BCUT2D eigenvalue weighted by Crippen LogP contribution is -2.33. The minimum absolute atomic E-state index is 0.535. The number of ether oxygens (including phenoxy) is 1. The number of hydrogen-bond acceptors (Lipinski definition) is 3. The number of methoxy groups -OCH3 is 1. The molecule has 1 aromatic carbocycles. The quantitative estimate of drug-likeness (QED) is 0.741.